The van der Waals surface area contributed by atoms with Crippen LogP contribution in [0.4, 0.5) is 0 Å². The first-order valence-corrected chi connectivity index (χ1v) is 6.58. The van der Waals surface area contributed by atoms with Crippen molar-refractivity contribution in [2.75, 3.05) is 0 Å². The Balaban J connectivity index is 2.74. The molecular formula is C15H21ClO2. The first kappa shape index (κ1) is 15.0. The molecule has 0 radical (unpaired) electrons. The van der Waals surface area contributed by atoms with E-state index in [1.807, 2.05) is 0 Å². The van der Waals surface area contributed by atoms with Crippen molar-refractivity contribution in [1.29, 1.82) is 0 Å². The Kier molecular flexibility index (Phi) is 4.80. The lowest BCUT2D eigenvalue weighted by Gasteiger charge is -2.22. The normalized spacial score (nSPS) is 13.4. The van der Waals surface area contributed by atoms with Gasteiger partial charge in [-0.2, -0.15) is 0 Å². The Hall–Kier alpha value is -1.02. The maximum absolute atomic E-state index is 12.1. The molecule has 0 saturated carbocycles. The van der Waals surface area contributed by atoms with Crippen molar-refractivity contribution in [2.24, 2.45) is 11.3 Å². The van der Waals surface area contributed by atoms with Gasteiger partial charge in [0, 0.05) is 11.4 Å². The number of rotatable bonds is 4. The van der Waals surface area contributed by atoms with Crippen LogP contribution in [0, 0.1) is 11.3 Å². The topological polar surface area (TPSA) is 37.3 Å². The summed E-state index contributed by atoms with van der Waals surface area (Å²) in [7, 11) is 0. The highest BCUT2D eigenvalue weighted by molar-refractivity contribution is 6.31. The van der Waals surface area contributed by atoms with E-state index in [1.165, 1.54) is 12.1 Å². The Labute approximate surface area is 114 Å². The van der Waals surface area contributed by atoms with Crippen LogP contribution < -0.4 is 0 Å². The minimum Gasteiger partial charge on any atom is -0.507 e. The number of carbonyl (C=O) groups excluding carboxylic acids is 1. The van der Waals surface area contributed by atoms with E-state index in [1.54, 1.807) is 6.07 Å². The standard InChI is InChI=1S/C15H21ClO2/c1-10(9-15(2,3)4)7-14(18)12-8-11(16)5-6-13(12)17/h5-6,8,10,17H,7,9H2,1-4H3. The number of hydrogen-bond acceptors (Lipinski definition) is 2. The molecule has 3 heteroatoms. The number of aromatic hydroxyl groups is 1. The second kappa shape index (κ2) is 5.75. The van der Waals surface area contributed by atoms with Crippen LogP contribution >= 0.6 is 11.6 Å². The monoisotopic (exact) mass is 268 g/mol. The number of halogens is 1. The van der Waals surface area contributed by atoms with Crippen molar-refractivity contribution in [3.8, 4) is 5.75 Å². The molecule has 0 fully saturated rings. The minimum atomic E-state index is -0.0493. The molecule has 1 unspecified atom stereocenters. The third-order valence-electron chi connectivity index (χ3n) is 2.75. The molecule has 18 heavy (non-hydrogen) atoms. The fourth-order valence-corrected chi connectivity index (χ4v) is 2.45. The maximum atomic E-state index is 12.1. The smallest absolute Gasteiger partial charge is 0.166 e. The second-order valence-corrected chi connectivity index (χ2v) is 6.60. The number of Topliss-reactive ketones (excluding diaryl/α,β-unsaturated/α-hetero) is 1. The van der Waals surface area contributed by atoms with E-state index in [2.05, 4.69) is 27.7 Å². The van der Waals surface area contributed by atoms with Crippen LogP contribution in [0.5, 0.6) is 5.75 Å². The highest BCUT2D eigenvalue weighted by Gasteiger charge is 2.20. The average molecular weight is 269 g/mol. The van der Waals surface area contributed by atoms with Gasteiger partial charge in [-0.05, 0) is 36.0 Å². The summed E-state index contributed by atoms with van der Waals surface area (Å²) in [5, 5.41) is 10.1. The molecule has 1 rings (SSSR count). The summed E-state index contributed by atoms with van der Waals surface area (Å²) in [4.78, 5) is 12.1. The van der Waals surface area contributed by atoms with Gasteiger partial charge in [-0.25, -0.2) is 0 Å². The van der Waals surface area contributed by atoms with Gasteiger partial charge >= 0.3 is 0 Å². The number of ketones is 1. The molecule has 0 saturated heterocycles. The first-order valence-electron chi connectivity index (χ1n) is 6.21. The predicted molar refractivity (Wildman–Crippen MR) is 75.3 cm³/mol. The van der Waals surface area contributed by atoms with Gasteiger partial charge in [0.15, 0.2) is 5.78 Å². The summed E-state index contributed by atoms with van der Waals surface area (Å²) < 4.78 is 0. The second-order valence-electron chi connectivity index (χ2n) is 6.16. The molecule has 0 aliphatic carbocycles. The fourth-order valence-electron chi connectivity index (χ4n) is 2.28. The average Bonchev–Trinajstić information content (AvgIpc) is 2.18. The van der Waals surface area contributed by atoms with Gasteiger partial charge in [0.25, 0.3) is 0 Å². The third-order valence-corrected chi connectivity index (χ3v) is 2.99. The molecule has 0 aliphatic heterocycles. The van der Waals surface area contributed by atoms with Crippen molar-refractivity contribution < 1.29 is 9.90 Å². The number of benzene rings is 1. The minimum absolute atomic E-state index is 0.00681. The molecule has 1 aromatic rings. The Morgan fingerprint density at radius 1 is 1.39 bits per heavy atom. The van der Waals surface area contributed by atoms with E-state index in [9.17, 15) is 9.90 Å². The van der Waals surface area contributed by atoms with Crippen LogP contribution in [0.15, 0.2) is 18.2 Å². The SMILES string of the molecule is CC(CC(=O)c1cc(Cl)ccc1O)CC(C)(C)C. The Morgan fingerprint density at radius 3 is 2.56 bits per heavy atom. The number of carbonyl (C=O) groups is 1. The first-order chi connectivity index (χ1) is 8.19. The molecule has 0 aromatic heterocycles. The highest BCUT2D eigenvalue weighted by Crippen LogP contribution is 2.29. The van der Waals surface area contributed by atoms with Crippen LogP contribution in [-0.2, 0) is 0 Å². The molecule has 2 nitrogen and oxygen atoms in total. The van der Waals surface area contributed by atoms with Gasteiger partial charge < -0.3 is 5.11 Å². The van der Waals surface area contributed by atoms with Crippen molar-refractivity contribution in [1.82, 2.24) is 0 Å². The van der Waals surface area contributed by atoms with Crippen molar-refractivity contribution in [2.45, 2.75) is 40.5 Å². The van der Waals surface area contributed by atoms with E-state index < -0.39 is 0 Å². The molecule has 0 amide bonds. The van der Waals surface area contributed by atoms with Crippen LogP contribution in [-0.4, -0.2) is 10.9 Å². The summed E-state index contributed by atoms with van der Waals surface area (Å²) in [6.45, 7) is 8.53. The molecule has 0 aliphatic rings. The number of hydrogen-bond donors (Lipinski definition) is 1. The number of phenolic OH excluding ortho intramolecular Hbond substituents is 1. The molecule has 0 bridgehead atoms. The fraction of sp³-hybridized carbons (Fsp3) is 0.533. The molecule has 1 aromatic carbocycles. The van der Waals surface area contributed by atoms with E-state index in [0.29, 0.717) is 17.0 Å². The maximum Gasteiger partial charge on any atom is 0.166 e. The van der Waals surface area contributed by atoms with Gasteiger partial charge in [0.05, 0.1) is 5.56 Å². The summed E-state index contributed by atoms with van der Waals surface area (Å²) in [6.07, 6.45) is 1.41. The van der Waals surface area contributed by atoms with Gasteiger partial charge in [-0.1, -0.05) is 39.3 Å². The summed E-state index contributed by atoms with van der Waals surface area (Å²) >= 11 is 5.84. The van der Waals surface area contributed by atoms with E-state index in [-0.39, 0.29) is 22.9 Å². The summed E-state index contributed by atoms with van der Waals surface area (Å²) in [6, 6.07) is 4.57. The lowest BCUT2D eigenvalue weighted by atomic mass is 9.83. The van der Waals surface area contributed by atoms with Crippen LogP contribution in [0.1, 0.15) is 50.9 Å². The zero-order valence-electron chi connectivity index (χ0n) is 11.5. The molecule has 1 atom stereocenters. The predicted octanol–water partition coefficient (Wildman–Crippen LogP) is 4.69. The molecule has 0 heterocycles. The van der Waals surface area contributed by atoms with Crippen LogP contribution in [0.25, 0.3) is 0 Å². The Bertz CT molecular complexity index is 433. The van der Waals surface area contributed by atoms with Gasteiger partial charge in [-0.15, -0.1) is 0 Å². The van der Waals surface area contributed by atoms with E-state index >= 15 is 0 Å². The molecule has 1 N–H and O–H groups in total. The summed E-state index contributed by atoms with van der Waals surface area (Å²) in [5.74, 6) is 0.245. The molecule has 100 valence electrons. The van der Waals surface area contributed by atoms with Crippen molar-refractivity contribution >= 4 is 17.4 Å². The largest absolute Gasteiger partial charge is 0.507 e. The summed E-state index contributed by atoms with van der Waals surface area (Å²) in [5.41, 5.74) is 0.527. The lowest BCUT2D eigenvalue weighted by Crippen LogP contribution is -2.14. The zero-order chi connectivity index (χ0) is 13.9. The number of phenols is 1. The van der Waals surface area contributed by atoms with Crippen LogP contribution in [0.2, 0.25) is 5.02 Å². The van der Waals surface area contributed by atoms with Crippen LogP contribution in [0.3, 0.4) is 0 Å². The van der Waals surface area contributed by atoms with Gasteiger partial charge in [-0.3, -0.25) is 4.79 Å². The zero-order valence-corrected chi connectivity index (χ0v) is 12.2. The van der Waals surface area contributed by atoms with Crippen molar-refractivity contribution in [3.05, 3.63) is 28.8 Å². The quantitative estimate of drug-likeness (QED) is 0.805. The highest BCUT2D eigenvalue weighted by atomic mass is 35.5. The lowest BCUT2D eigenvalue weighted by molar-refractivity contribution is 0.0951. The molecular weight excluding hydrogens is 248 g/mol. The third kappa shape index (κ3) is 4.69. The van der Waals surface area contributed by atoms with E-state index in [4.69, 9.17) is 11.6 Å². The molecule has 0 spiro atoms. The van der Waals surface area contributed by atoms with Gasteiger partial charge in [0.2, 0.25) is 0 Å². The van der Waals surface area contributed by atoms with Gasteiger partial charge in [0.1, 0.15) is 5.75 Å². The van der Waals surface area contributed by atoms with Crippen molar-refractivity contribution in [3.63, 3.8) is 0 Å². The Morgan fingerprint density at radius 2 is 2.00 bits per heavy atom. The van der Waals surface area contributed by atoms with E-state index in [0.717, 1.165) is 6.42 Å².